The molecule has 0 atom stereocenters. The number of nitrogens with two attached hydrogens (primary N) is 1. The van der Waals surface area contributed by atoms with Gasteiger partial charge in [0.15, 0.2) is 0 Å². The van der Waals surface area contributed by atoms with Gasteiger partial charge in [-0.05, 0) is 23.6 Å². The van der Waals surface area contributed by atoms with Crippen molar-refractivity contribution < 1.29 is 4.79 Å². The van der Waals surface area contributed by atoms with Gasteiger partial charge >= 0.3 is 0 Å². The Morgan fingerprint density at radius 2 is 2.07 bits per heavy atom. The van der Waals surface area contributed by atoms with Gasteiger partial charge in [0.25, 0.3) is 0 Å². The summed E-state index contributed by atoms with van der Waals surface area (Å²) in [7, 11) is 0. The number of hydrogen-bond acceptors (Lipinski definition) is 1. The van der Waals surface area contributed by atoms with E-state index >= 15 is 0 Å². The van der Waals surface area contributed by atoms with Crippen LogP contribution in [0.1, 0.15) is 22.3 Å². The quantitative estimate of drug-likeness (QED) is 0.753. The fourth-order valence-electron chi connectivity index (χ4n) is 1.62. The van der Waals surface area contributed by atoms with Gasteiger partial charge in [-0.15, -0.1) is 0 Å². The predicted octanol–water partition coefficient (Wildman–Crippen LogP) is 2.13. The fourth-order valence-corrected chi connectivity index (χ4v) is 1.62. The van der Waals surface area contributed by atoms with E-state index in [1.165, 1.54) is 0 Å². The number of amides is 1. The summed E-state index contributed by atoms with van der Waals surface area (Å²) in [6, 6.07) is 7.43. The second-order valence-corrected chi connectivity index (χ2v) is 3.23. The molecule has 0 saturated carbocycles. The Kier molecular flexibility index (Phi) is 2.19. The van der Waals surface area contributed by atoms with Crippen molar-refractivity contribution in [3.8, 4) is 0 Å². The molecule has 1 aromatic carbocycles. The van der Waals surface area contributed by atoms with E-state index in [2.05, 4.69) is 6.08 Å². The summed E-state index contributed by atoms with van der Waals surface area (Å²) in [5, 5.41) is 0. The summed E-state index contributed by atoms with van der Waals surface area (Å²) in [5.41, 5.74) is 8.00. The van der Waals surface area contributed by atoms with Crippen LogP contribution >= 0.6 is 0 Å². The fraction of sp³-hybridized carbons (Fsp3) is 0.0833. The molecule has 0 aromatic heterocycles. The molecule has 14 heavy (non-hydrogen) atoms. The van der Waals surface area contributed by atoms with Crippen molar-refractivity contribution in [2.45, 2.75) is 6.42 Å². The molecule has 70 valence electrons. The van der Waals surface area contributed by atoms with Crippen LogP contribution in [0.4, 0.5) is 0 Å². The van der Waals surface area contributed by atoms with E-state index in [0.717, 1.165) is 17.6 Å². The summed E-state index contributed by atoms with van der Waals surface area (Å²) >= 11 is 0. The highest BCUT2D eigenvalue weighted by atomic mass is 16.1. The third-order valence-electron chi connectivity index (χ3n) is 2.31. The van der Waals surface area contributed by atoms with E-state index in [1.807, 2.05) is 30.4 Å². The molecule has 0 heterocycles. The van der Waals surface area contributed by atoms with Crippen LogP contribution in [0.5, 0.6) is 0 Å². The number of rotatable bonds is 2. The normalized spacial score (nSPS) is 14.1. The van der Waals surface area contributed by atoms with Gasteiger partial charge < -0.3 is 5.73 Å². The lowest BCUT2D eigenvalue weighted by Gasteiger charge is -2.06. The monoisotopic (exact) mass is 185 g/mol. The van der Waals surface area contributed by atoms with Gasteiger partial charge in [-0.25, -0.2) is 0 Å². The number of primary amides is 1. The van der Waals surface area contributed by atoms with Crippen LogP contribution in [0.25, 0.3) is 5.57 Å². The van der Waals surface area contributed by atoms with E-state index < -0.39 is 0 Å². The second-order valence-electron chi connectivity index (χ2n) is 3.23. The van der Waals surface area contributed by atoms with Gasteiger partial charge in [0.1, 0.15) is 0 Å². The minimum atomic E-state index is -0.367. The molecule has 0 spiro atoms. The summed E-state index contributed by atoms with van der Waals surface area (Å²) in [4.78, 5) is 11.2. The molecule has 1 aliphatic rings. The molecular formula is C12H11NO. The average Bonchev–Trinajstić information content (AvgIpc) is 2.70. The predicted molar refractivity (Wildman–Crippen MR) is 56.7 cm³/mol. The number of carbonyl (C=O) groups is 1. The number of allylic oxidation sites excluding steroid dienone is 4. The molecule has 2 rings (SSSR count). The standard InChI is InChI=1S/C12H11NO/c13-12(14)11-8-4-3-7-10(11)9-5-1-2-6-9/h1-5,7-8H,6H2,(H2,13,14). The highest BCUT2D eigenvalue weighted by Gasteiger charge is 2.11. The van der Waals surface area contributed by atoms with Gasteiger partial charge in [-0.2, -0.15) is 0 Å². The minimum absolute atomic E-state index is 0.367. The average molecular weight is 185 g/mol. The first kappa shape index (κ1) is 8.75. The summed E-state index contributed by atoms with van der Waals surface area (Å²) < 4.78 is 0. The van der Waals surface area contributed by atoms with Gasteiger partial charge in [0.2, 0.25) is 5.91 Å². The van der Waals surface area contributed by atoms with Crippen molar-refractivity contribution in [2.24, 2.45) is 5.73 Å². The highest BCUT2D eigenvalue weighted by Crippen LogP contribution is 2.25. The topological polar surface area (TPSA) is 43.1 Å². The number of benzene rings is 1. The molecule has 1 aromatic rings. The molecule has 2 N–H and O–H groups in total. The van der Waals surface area contributed by atoms with Crippen LogP contribution in [-0.4, -0.2) is 5.91 Å². The van der Waals surface area contributed by atoms with E-state index in [1.54, 1.807) is 6.07 Å². The lowest BCUT2D eigenvalue weighted by molar-refractivity contribution is 0.1000. The molecule has 2 nitrogen and oxygen atoms in total. The Labute approximate surface area is 82.7 Å². The molecule has 0 fully saturated rings. The van der Waals surface area contributed by atoms with Crippen LogP contribution in [0.3, 0.4) is 0 Å². The van der Waals surface area contributed by atoms with Crippen LogP contribution < -0.4 is 5.73 Å². The Morgan fingerprint density at radius 3 is 2.71 bits per heavy atom. The number of carbonyl (C=O) groups excluding carboxylic acids is 1. The maximum absolute atomic E-state index is 11.2. The molecular weight excluding hydrogens is 174 g/mol. The molecule has 1 amide bonds. The molecule has 0 radical (unpaired) electrons. The lowest BCUT2D eigenvalue weighted by Crippen LogP contribution is -2.13. The van der Waals surface area contributed by atoms with Crippen LogP contribution in [0.2, 0.25) is 0 Å². The Balaban J connectivity index is 2.47. The second kappa shape index (κ2) is 3.50. The summed E-state index contributed by atoms with van der Waals surface area (Å²) in [5.74, 6) is -0.367. The Bertz CT molecular complexity index is 430. The SMILES string of the molecule is NC(=O)c1ccccc1C1=CC=CC1. The first-order valence-corrected chi connectivity index (χ1v) is 4.54. The molecule has 1 aliphatic carbocycles. The largest absolute Gasteiger partial charge is 0.366 e. The van der Waals surface area contributed by atoms with Crippen molar-refractivity contribution in [3.63, 3.8) is 0 Å². The van der Waals surface area contributed by atoms with Gasteiger partial charge in [-0.3, -0.25) is 4.79 Å². The van der Waals surface area contributed by atoms with Crippen LogP contribution in [0, 0.1) is 0 Å². The minimum Gasteiger partial charge on any atom is -0.366 e. The van der Waals surface area contributed by atoms with E-state index in [-0.39, 0.29) is 5.91 Å². The molecule has 0 bridgehead atoms. The first-order valence-electron chi connectivity index (χ1n) is 4.54. The smallest absolute Gasteiger partial charge is 0.249 e. The highest BCUT2D eigenvalue weighted by molar-refractivity contribution is 5.98. The van der Waals surface area contributed by atoms with E-state index in [0.29, 0.717) is 5.56 Å². The van der Waals surface area contributed by atoms with Gasteiger partial charge in [0.05, 0.1) is 0 Å². The Hall–Kier alpha value is -1.83. The van der Waals surface area contributed by atoms with Crippen LogP contribution in [-0.2, 0) is 0 Å². The van der Waals surface area contributed by atoms with Crippen molar-refractivity contribution in [1.29, 1.82) is 0 Å². The molecule has 0 saturated heterocycles. The summed E-state index contributed by atoms with van der Waals surface area (Å²) in [6.45, 7) is 0. The molecule has 0 unspecified atom stereocenters. The lowest BCUT2D eigenvalue weighted by atomic mass is 9.99. The third kappa shape index (κ3) is 1.46. The molecule has 0 aliphatic heterocycles. The Morgan fingerprint density at radius 1 is 1.29 bits per heavy atom. The van der Waals surface area contributed by atoms with Crippen molar-refractivity contribution in [2.75, 3.05) is 0 Å². The van der Waals surface area contributed by atoms with Gasteiger partial charge in [0, 0.05) is 5.56 Å². The van der Waals surface area contributed by atoms with Crippen molar-refractivity contribution >= 4 is 11.5 Å². The maximum Gasteiger partial charge on any atom is 0.249 e. The first-order chi connectivity index (χ1) is 6.79. The van der Waals surface area contributed by atoms with E-state index in [4.69, 9.17) is 5.73 Å². The zero-order valence-corrected chi connectivity index (χ0v) is 7.73. The maximum atomic E-state index is 11.2. The molecule has 2 heteroatoms. The van der Waals surface area contributed by atoms with Gasteiger partial charge in [-0.1, -0.05) is 36.4 Å². The van der Waals surface area contributed by atoms with Crippen molar-refractivity contribution in [3.05, 3.63) is 53.6 Å². The van der Waals surface area contributed by atoms with Crippen LogP contribution in [0.15, 0.2) is 42.5 Å². The van der Waals surface area contributed by atoms with E-state index in [9.17, 15) is 4.79 Å². The van der Waals surface area contributed by atoms with Crippen molar-refractivity contribution in [1.82, 2.24) is 0 Å². The third-order valence-corrected chi connectivity index (χ3v) is 2.31. The summed E-state index contributed by atoms with van der Waals surface area (Å²) in [6.07, 6.45) is 6.95. The zero-order valence-electron chi connectivity index (χ0n) is 7.73. The number of hydrogen-bond donors (Lipinski definition) is 1. The zero-order chi connectivity index (χ0) is 9.97.